The summed E-state index contributed by atoms with van der Waals surface area (Å²) in [6.07, 6.45) is 0. The zero-order chi connectivity index (χ0) is 14.3. The quantitative estimate of drug-likeness (QED) is 0.710. The Morgan fingerprint density at radius 2 is 1.63 bits per heavy atom. The molecule has 1 aromatic rings. The van der Waals surface area contributed by atoms with Crippen LogP contribution in [0.25, 0.3) is 0 Å². The number of benzene rings is 1. The Balaban J connectivity index is 2.21. The Morgan fingerprint density at radius 1 is 1.05 bits per heavy atom. The molecule has 0 spiro atoms. The predicted molar refractivity (Wildman–Crippen MR) is 76.0 cm³/mol. The SMILES string of the molecule is Cc1ccc(NC(=O)NCCNC(=O)C(C)C)cc1. The van der Waals surface area contributed by atoms with Crippen LogP contribution in [0.2, 0.25) is 0 Å². The summed E-state index contributed by atoms with van der Waals surface area (Å²) < 4.78 is 0. The Labute approximate surface area is 113 Å². The molecule has 0 fully saturated rings. The summed E-state index contributed by atoms with van der Waals surface area (Å²) in [6.45, 7) is 6.47. The summed E-state index contributed by atoms with van der Waals surface area (Å²) >= 11 is 0. The first-order chi connectivity index (χ1) is 8.99. The molecule has 0 bridgehead atoms. The molecule has 0 aliphatic carbocycles. The largest absolute Gasteiger partial charge is 0.354 e. The van der Waals surface area contributed by atoms with E-state index in [4.69, 9.17) is 0 Å². The summed E-state index contributed by atoms with van der Waals surface area (Å²) in [5.41, 5.74) is 1.89. The molecule has 0 aliphatic heterocycles. The van der Waals surface area contributed by atoms with E-state index in [2.05, 4.69) is 16.0 Å². The first-order valence-electron chi connectivity index (χ1n) is 6.38. The molecule has 0 saturated carbocycles. The van der Waals surface area contributed by atoms with Gasteiger partial charge in [0.2, 0.25) is 5.91 Å². The molecule has 19 heavy (non-hydrogen) atoms. The maximum atomic E-state index is 11.5. The van der Waals surface area contributed by atoms with E-state index in [0.717, 1.165) is 11.3 Å². The third-order valence-electron chi connectivity index (χ3n) is 2.54. The highest BCUT2D eigenvalue weighted by atomic mass is 16.2. The summed E-state index contributed by atoms with van der Waals surface area (Å²) in [5.74, 6) is -0.0536. The van der Waals surface area contributed by atoms with Crippen molar-refractivity contribution in [1.29, 1.82) is 0 Å². The number of rotatable bonds is 5. The molecule has 0 radical (unpaired) electrons. The highest BCUT2D eigenvalue weighted by molar-refractivity contribution is 5.89. The van der Waals surface area contributed by atoms with Gasteiger partial charge in [0.1, 0.15) is 0 Å². The fourth-order valence-corrected chi connectivity index (χ4v) is 1.38. The number of anilines is 1. The van der Waals surface area contributed by atoms with Crippen molar-refractivity contribution in [2.24, 2.45) is 5.92 Å². The molecule has 0 saturated heterocycles. The van der Waals surface area contributed by atoms with Gasteiger partial charge in [0.05, 0.1) is 0 Å². The number of nitrogens with one attached hydrogen (secondary N) is 3. The maximum absolute atomic E-state index is 11.5. The van der Waals surface area contributed by atoms with Gasteiger partial charge in [-0.2, -0.15) is 0 Å². The summed E-state index contributed by atoms with van der Waals surface area (Å²) in [4.78, 5) is 22.8. The molecule has 104 valence electrons. The second kappa shape index (κ2) is 7.41. The van der Waals surface area contributed by atoms with E-state index in [-0.39, 0.29) is 17.9 Å². The van der Waals surface area contributed by atoms with E-state index in [0.29, 0.717) is 13.1 Å². The molecule has 3 N–H and O–H groups in total. The van der Waals surface area contributed by atoms with Crippen LogP contribution in [-0.2, 0) is 4.79 Å². The van der Waals surface area contributed by atoms with Gasteiger partial charge in [-0.15, -0.1) is 0 Å². The van der Waals surface area contributed by atoms with Gasteiger partial charge in [0.25, 0.3) is 0 Å². The monoisotopic (exact) mass is 263 g/mol. The Kier molecular flexibility index (Phi) is 5.85. The number of carbonyl (C=O) groups is 2. The molecule has 1 rings (SSSR count). The molecule has 5 nitrogen and oxygen atoms in total. The van der Waals surface area contributed by atoms with E-state index >= 15 is 0 Å². The molecular formula is C14H21N3O2. The van der Waals surface area contributed by atoms with Crippen LogP contribution < -0.4 is 16.0 Å². The van der Waals surface area contributed by atoms with Crippen LogP contribution in [0.4, 0.5) is 10.5 Å². The summed E-state index contributed by atoms with van der Waals surface area (Å²) in [7, 11) is 0. The third-order valence-corrected chi connectivity index (χ3v) is 2.54. The van der Waals surface area contributed by atoms with E-state index in [1.54, 1.807) is 0 Å². The topological polar surface area (TPSA) is 70.2 Å². The smallest absolute Gasteiger partial charge is 0.319 e. The average molecular weight is 263 g/mol. The van der Waals surface area contributed by atoms with Gasteiger partial charge in [0.15, 0.2) is 0 Å². The van der Waals surface area contributed by atoms with Crippen molar-refractivity contribution in [1.82, 2.24) is 10.6 Å². The van der Waals surface area contributed by atoms with Crippen LogP contribution >= 0.6 is 0 Å². The fourth-order valence-electron chi connectivity index (χ4n) is 1.38. The fraction of sp³-hybridized carbons (Fsp3) is 0.429. The predicted octanol–water partition coefficient (Wildman–Crippen LogP) is 1.89. The Bertz CT molecular complexity index is 427. The van der Waals surface area contributed by atoms with Crippen LogP contribution in [0.1, 0.15) is 19.4 Å². The van der Waals surface area contributed by atoms with Crippen LogP contribution in [0, 0.1) is 12.8 Å². The van der Waals surface area contributed by atoms with Crippen LogP contribution in [-0.4, -0.2) is 25.0 Å². The molecule has 0 aliphatic rings. The van der Waals surface area contributed by atoms with Crippen LogP contribution in [0.5, 0.6) is 0 Å². The van der Waals surface area contributed by atoms with E-state index in [1.165, 1.54) is 0 Å². The lowest BCUT2D eigenvalue weighted by Crippen LogP contribution is -2.38. The third kappa shape index (κ3) is 5.90. The highest BCUT2D eigenvalue weighted by Gasteiger charge is 2.05. The molecular weight excluding hydrogens is 242 g/mol. The summed E-state index contributed by atoms with van der Waals surface area (Å²) in [5, 5.41) is 8.12. The average Bonchev–Trinajstić information content (AvgIpc) is 2.37. The van der Waals surface area contributed by atoms with Crippen molar-refractivity contribution in [3.05, 3.63) is 29.8 Å². The van der Waals surface area contributed by atoms with Crippen molar-refractivity contribution in [2.75, 3.05) is 18.4 Å². The van der Waals surface area contributed by atoms with Crippen LogP contribution in [0.15, 0.2) is 24.3 Å². The number of carbonyl (C=O) groups excluding carboxylic acids is 2. The number of amides is 3. The van der Waals surface area contributed by atoms with Gasteiger partial charge in [-0.25, -0.2) is 4.79 Å². The minimum atomic E-state index is -0.275. The minimum absolute atomic E-state index is 0.0132. The lowest BCUT2D eigenvalue weighted by molar-refractivity contribution is -0.123. The van der Waals surface area contributed by atoms with Gasteiger partial charge in [-0.1, -0.05) is 31.5 Å². The minimum Gasteiger partial charge on any atom is -0.354 e. The first kappa shape index (κ1) is 15.0. The number of aryl methyl sites for hydroxylation is 1. The second-order valence-corrected chi connectivity index (χ2v) is 4.69. The van der Waals surface area contributed by atoms with E-state index in [1.807, 2.05) is 45.0 Å². The van der Waals surface area contributed by atoms with Crippen molar-refractivity contribution >= 4 is 17.6 Å². The number of urea groups is 1. The maximum Gasteiger partial charge on any atom is 0.319 e. The highest BCUT2D eigenvalue weighted by Crippen LogP contribution is 2.07. The lowest BCUT2D eigenvalue weighted by Gasteiger charge is -2.10. The lowest BCUT2D eigenvalue weighted by atomic mass is 10.2. The zero-order valence-electron chi connectivity index (χ0n) is 11.6. The number of hydrogen-bond acceptors (Lipinski definition) is 2. The molecule has 1 aromatic carbocycles. The first-order valence-corrected chi connectivity index (χ1v) is 6.38. The normalized spacial score (nSPS) is 10.1. The van der Waals surface area contributed by atoms with E-state index in [9.17, 15) is 9.59 Å². The molecule has 0 aromatic heterocycles. The van der Waals surface area contributed by atoms with E-state index < -0.39 is 0 Å². The van der Waals surface area contributed by atoms with Crippen molar-refractivity contribution < 1.29 is 9.59 Å². The molecule has 0 atom stereocenters. The van der Waals surface area contributed by atoms with Gasteiger partial charge >= 0.3 is 6.03 Å². The van der Waals surface area contributed by atoms with Crippen molar-refractivity contribution in [2.45, 2.75) is 20.8 Å². The molecule has 3 amide bonds. The standard InChI is InChI=1S/C14H21N3O2/c1-10(2)13(18)15-8-9-16-14(19)17-12-6-4-11(3)5-7-12/h4-7,10H,8-9H2,1-3H3,(H,15,18)(H2,16,17,19). The summed E-state index contributed by atoms with van der Waals surface area (Å²) in [6, 6.07) is 7.27. The van der Waals surface area contributed by atoms with Crippen LogP contribution in [0.3, 0.4) is 0 Å². The molecule has 5 heteroatoms. The van der Waals surface area contributed by atoms with Crippen molar-refractivity contribution in [3.8, 4) is 0 Å². The van der Waals surface area contributed by atoms with Gasteiger partial charge in [-0.3, -0.25) is 4.79 Å². The van der Waals surface area contributed by atoms with Gasteiger partial charge < -0.3 is 16.0 Å². The Morgan fingerprint density at radius 3 is 2.21 bits per heavy atom. The van der Waals surface area contributed by atoms with Gasteiger partial charge in [0, 0.05) is 24.7 Å². The van der Waals surface area contributed by atoms with Gasteiger partial charge in [-0.05, 0) is 19.1 Å². The Hall–Kier alpha value is -2.04. The number of hydrogen-bond donors (Lipinski definition) is 3. The molecule has 0 unspecified atom stereocenters. The zero-order valence-corrected chi connectivity index (χ0v) is 11.6. The van der Waals surface area contributed by atoms with Crippen molar-refractivity contribution in [3.63, 3.8) is 0 Å². The second-order valence-electron chi connectivity index (χ2n) is 4.69. The molecule has 0 heterocycles.